The number of fused-ring (bicyclic) bond motifs is 2. The Morgan fingerprint density at radius 1 is 0.465 bits per heavy atom. The lowest BCUT2D eigenvalue weighted by atomic mass is 10.1. The molecule has 11 aromatic rings. The van der Waals surface area contributed by atoms with E-state index < -0.39 is 0 Å². The van der Waals surface area contributed by atoms with Gasteiger partial charge in [-0.3, -0.25) is 4.79 Å². The Bertz CT molecular complexity index is 3590. The van der Waals surface area contributed by atoms with Crippen LogP contribution in [0.15, 0.2) is 182 Å². The summed E-state index contributed by atoms with van der Waals surface area (Å²) in [5.41, 5.74) is 15.9. The Morgan fingerprint density at radius 3 is 1.28 bits per heavy atom. The standard InChI is InChI=1S/C61H50N4O2S4/c1-5-8-41-13-22-45(23-14-41)64(49-11-6-9-39(2)35-49)47-26-18-43(19-27-47)53-30-32-55(68-53)60-62-51-37-58-52(38-57(51)70-60)63-61(71-58)56-33-31-54(69-56)44-20-28-48(29-21-44)65(50-12-7-10-40(3)36-50)46-24-15-42(16-25-46)17-34-59(66)67-4/h6-7,9-16,18-33,35-38H,5,8,17,34H2,1-4H3. The van der Waals surface area contributed by atoms with Crippen molar-refractivity contribution in [3.8, 4) is 40.7 Å². The smallest absolute Gasteiger partial charge is 0.305 e. The number of benzene rings is 7. The second kappa shape index (κ2) is 20.3. The molecular weight excluding hydrogens is 949 g/mol. The summed E-state index contributed by atoms with van der Waals surface area (Å²) in [7, 11) is 1.43. The van der Waals surface area contributed by atoms with Gasteiger partial charge >= 0.3 is 5.97 Å². The van der Waals surface area contributed by atoms with Gasteiger partial charge in [0.2, 0.25) is 0 Å². The number of rotatable bonds is 15. The second-order valence-electron chi connectivity index (χ2n) is 17.8. The van der Waals surface area contributed by atoms with Crippen molar-refractivity contribution in [3.05, 3.63) is 204 Å². The van der Waals surface area contributed by atoms with Gasteiger partial charge in [0.1, 0.15) is 10.0 Å². The maximum absolute atomic E-state index is 11.8. The number of aryl methyl sites for hydroxylation is 4. The molecule has 0 saturated carbocycles. The molecule has 0 radical (unpaired) electrons. The van der Waals surface area contributed by atoms with E-state index in [2.05, 4.69) is 213 Å². The van der Waals surface area contributed by atoms with Crippen LogP contribution in [0.3, 0.4) is 0 Å². The SMILES string of the molecule is CCCc1ccc(N(c2ccc(-c3ccc(-c4nc5cc6sc(-c7ccc(-c8ccc(N(c9ccc(CCC(=O)OC)cc9)c9cccc(C)c9)cc8)s7)nc6cc5s4)s3)cc2)c2cccc(C)c2)cc1. The number of aromatic nitrogens is 2. The minimum Gasteiger partial charge on any atom is -0.469 e. The van der Waals surface area contributed by atoms with Gasteiger partial charge in [0.15, 0.2) is 0 Å². The highest BCUT2D eigenvalue weighted by Crippen LogP contribution is 2.44. The zero-order valence-corrected chi connectivity index (χ0v) is 43.2. The van der Waals surface area contributed by atoms with E-state index in [1.807, 2.05) is 0 Å². The summed E-state index contributed by atoms with van der Waals surface area (Å²) in [6.07, 6.45) is 3.23. The first-order valence-corrected chi connectivity index (χ1v) is 27.1. The van der Waals surface area contributed by atoms with Crippen molar-refractivity contribution < 1.29 is 9.53 Å². The largest absolute Gasteiger partial charge is 0.469 e. The fourth-order valence-corrected chi connectivity index (χ4v) is 13.1. The predicted octanol–water partition coefficient (Wildman–Crippen LogP) is 18.3. The van der Waals surface area contributed by atoms with Gasteiger partial charge in [0, 0.05) is 50.3 Å². The normalized spacial score (nSPS) is 11.4. The van der Waals surface area contributed by atoms with E-state index in [1.165, 1.54) is 44.0 Å². The van der Waals surface area contributed by atoms with Gasteiger partial charge in [0.05, 0.1) is 37.3 Å². The fraction of sp³-hybridized carbons (Fsp3) is 0.131. The summed E-state index contributed by atoms with van der Waals surface area (Å²) in [5, 5.41) is 2.05. The van der Waals surface area contributed by atoms with E-state index in [9.17, 15) is 4.79 Å². The summed E-state index contributed by atoms with van der Waals surface area (Å²) < 4.78 is 7.13. The second-order valence-corrected chi connectivity index (χ2v) is 22.0. The molecule has 0 amide bonds. The van der Waals surface area contributed by atoms with E-state index >= 15 is 0 Å². The number of anilines is 6. The molecule has 4 heterocycles. The van der Waals surface area contributed by atoms with E-state index in [0.717, 1.165) is 93.4 Å². The van der Waals surface area contributed by atoms with Crippen molar-refractivity contribution in [3.63, 3.8) is 0 Å². The van der Waals surface area contributed by atoms with Gasteiger partial charge in [-0.15, -0.1) is 45.3 Å². The number of nitrogens with zero attached hydrogens (tertiary/aromatic N) is 4. The van der Waals surface area contributed by atoms with Crippen molar-refractivity contribution in [2.75, 3.05) is 16.9 Å². The van der Waals surface area contributed by atoms with Crippen LogP contribution in [-0.4, -0.2) is 23.0 Å². The molecule has 0 aliphatic heterocycles. The third kappa shape index (κ3) is 9.94. The lowest BCUT2D eigenvalue weighted by Crippen LogP contribution is -2.10. The third-order valence-corrected chi connectivity index (χ3v) is 17.3. The average Bonchev–Trinajstić information content (AvgIpc) is 4.24. The number of carbonyl (C=O) groups is 1. The first-order chi connectivity index (χ1) is 34.7. The Labute approximate surface area is 430 Å². The van der Waals surface area contributed by atoms with Crippen LogP contribution in [0.2, 0.25) is 0 Å². The highest BCUT2D eigenvalue weighted by molar-refractivity contribution is 7.28. The molecule has 10 heteroatoms. The van der Waals surface area contributed by atoms with Gasteiger partial charge < -0.3 is 14.5 Å². The Balaban J connectivity index is 0.797. The van der Waals surface area contributed by atoms with E-state index in [0.29, 0.717) is 12.8 Å². The monoisotopic (exact) mass is 998 g/mol. The molecule has 0 unspecified atom stereocenters. The number of hydrogen-bond donors (Lipinski definition) is 0. The van der Waals surface area contributed by atoms with Crippen LogP contribution in [0.5, 0.6) is 0 Å². The maximum Gasteiger partial charge on any atom is 0.305 e. The number of thiazole rings is 2. The molecule has 0 bridgehead atoms. The predicted molar refractivity (Wildman–Crippen MR) is 303 cm³/mol. The molecule has 71 heavy (non-hydrogen) atoms. The highest BCUT2D eigenvalue weighted by Gasteiger charge is 2.18. The first-order valence-electron chi connectivity index (χ1n) is 23.9. The number of thiophene rings is 2. The van der Waals surface area contributed by atoms with Crippen LogP contribution in [0, 0.1) is 13.8 Å². The molecule has 11 rings (SSSR count). The van der Waals surface area contributed by atoms with Crippen molar-refractivity contribution >= 4 is 106 Å². The quantitative estimate of drug-likeness (QED) is 0.0954. The van der Waals surface area contributed by atoms with Gasteiger partial charge in [-0.05, 0) is 169 Å². The van der Waals surface area contributed by atoms with Crippen molar-refractivity contribution in [1.29, 1.82) is 0 Å². The summed E-state index contributed by atoms with van der Waals surface area (Å²) in [5.74, 6) is -0.199. The minimum atomic E-state index is -0.199. The van der Waals surface area contributed by atoms with Gasteiger partial charge in [0.25, 0.3) is 0 Å². The van der Waals surface area contributed by atoms with Crippen LogP contribution in [0.25, 0.3) is 61.1 Å². The minimum absolute atomic E-state index is 0.199. The molecule has 350 valence electrons. The molecule has 6 nitrogen and oxygen atoms in total. The van der Waals surface area contributed by atoms with Crippen molar-refractivity contribution in [2.24, 2.45) is 0 Å². The summed E-state index contributed by atoms with van der Waals surface area (Å²) in [6, 6.07) is 65.7. The molecule has 7 aromatic carbocycles. The molecule has 0 spiro atoms. The lowest BCUT2D eigenvalue weighted by molar-refractivity contribution is -0.140. The molecule has 0 aliphatic carbocycles. The lowest BCUT2D eigenvalue weighted by Gasteiger charge is -2.26. The van der Waals surface area contributed by atoms with E-state index in [4.69, 9.17) is 14.7 Å². The first kappa shape index (κ1) is 46.2. The van der Waals surface area contributed by atoms with Crippen LogP contribution < -0.4 is 9.80 Å². The summed E-state index contributed by atoms with van der Waals surface area (Å²) in [6.45, 7) is 6.49. The van der Waals surface area contributed by atoms with Crippen LogP contribution >= 0.6 is 45.3 Å². The van der Waals surface area contributed by atoms with Gasteiger partial charge in [-0.2, -0.15) is 0 Å². The van der Waals surface area contributed by atoms with E-state index in [-0.39, 0.29) is 5.97 Å². The highest BCUT2D eigenvalue weighted by atomic mass is 32.1. The number of esters is 1. The summed E-state index contributed by atoms with van der Waals surface area (Å²) >= 11 is 7.02. The molecule has 0 aliphatic rings. The number of methoxy groups -OCH3 is 1. The average molecular weight is 999 g/mol. The number of ether oxygens (including phenoxy) is 1. The zero-order valence-electron chi connectivity index (χ0n) is 39.9. The van der Waals surface area contributed by atoms with Crippen molar-refractivity contribution in [1.82, 2.24) is 9.97 Å². The van der Waals surface area contributed by atoms with Gasteiger partial charge in [-0.1, -0.05) is 86.1 Å². The third-order valence-electron chi connectivity index (χ3n) is 12.6. The zero-order chi connectivity index (χ0) is 48.4. The molecule has 0 atom stereocenters. The van der Waals surface area contributed by atoms with Crippen molar-refractivity contribution in [2.45, 2.75) is 46.5 Å². The molecule has 0 saturated heterocycles. The Morgan fingerprint density at radius 2 is 0.873 bits per heavy atom. The topological polar surface area (TPSA) is 58.6 Å². The van der Waals surface area contributed by atoms with Crippen LogP contribution in [-0.2, 0) is 22.4 Å². The summed E-state index contributed by atoms with van der Waals surface area (Å²) in [4.78, 5) is 31.4. The van der Waals surface area contributed by atoms with Gasteiger partial charge in [-0.25, -0.2) is 9.97 Å². The molecule has 0 fully saturated rings. The molecular formula is C61H50N4O2S4. The van der Waals surface area contributed by atoms with E-state index in [1.54, 1.807) is 45.3 Å². The van der Waals surface area contributed by atoms with Crippen LogP contribution in [0.4, 0.5) is 34.1 Å². The fourth-order valence-electron chi connectivity index (χ4n) is 9.01. The molecule has 0 N–H and O–H groups in total. The number of hydrogen-bond acceptors (Lipinski definition) is 10. The maximum atomic E-state index is 11.8. The Kier molecular flexibility index (Phi) is 13.2. The van der Waals surface area contributed by atoms with Crippen LogP contribution in [0.1, 0.15) is 42.0 Å². The number of carbonyl (C=O) groups excluding carboxylic acids is 1. The Hall–Kier alpha value is -7.21. The molecule has 4 aromatic heterocycles.